The van der Waals surface area contributed by atoms with Crippen LogP contribution in [-0.2, 0) is 35.2 Å². The predicted molar refractivity (Wildman–Crippen MR) is 186 cm³/mol. The van der Waals surface area contributed by atoms with E-state index in [2.05, 4.69) is 26.6 Å². The van der Waals surface area contributed by atoms with E-state index in [1.165, 1.54) is 6.92 Å². The number of aliphatic hydroxyl groups excluding tert-OH is 2. The van der Waals surface area contributed by atoms with Gasteiger partial charge in [-0.3, -0.25) is 24.0 Å². The Morgan fingerprint density at radius 1 is 0.740 bits per heavy atom. The number of hydrogen-bond acceptors (Lipinski definition) is 10. The zero-order chi connectivity index (χ0) is 38.0. The van der Waals surface area contributed by atoms with Gasteiger partial charge in [0, 0.05) is 6.42 Å². The maximum absolute atomic E-state index is 13.6. The lowest BCUT2D eigenvalue weighted by Gasteiger charge is -2.29. The Bertz CT molecular complexity index is 1250. The van der Waals surface area contributed by atoms with E-state index in [1.54, 1.807) is 58.0 Å². The summed E-state index contributed by atoms with van der Waals surface area (Å²) in [5.41, 5.74) is 12.0. The van der Waals surface area contributed by atoms with Gasteiger partial charge in [-0.2, -0.15) is 0 Å². The number of aliphatic hydroxyl groups is 2. The second-order valence-corrected chi connectivity index (χ2v) is 13.0. The van der Waals surface area contributed by atoms with E-state index in [4.69, 9.17) is 11.5 Å². The highest BCUT2D eigenvalue weighted by molar-refractivity contribution is 5.96. The second-order valence-electron chi connectivity index (χ2n) is 13.0. The van der Waals surface area contributed by atoms with Gasteiger partial charge in [-0.1, -0.05) is 64.4 Å². The smallest absolute Gasteiger partial charge is 0.326 e. The Kier molecular flexibility index (Phi) is 19.8. The third-order valence-electron chi connectivity index (χ3n) is 8.25. The number of amides is 5. The van der Waals surface area contributed by atoms with Crippen LogP contribution in [0.25, 0.3) is 0 Å². The largest absolute Gasteiger partial charge is 0.480 e. The molecule has 0 aliphatic heterocycles. The van der Waals surface area contributed by atoms with Crippen LogP contribution in [0.3, 0.4) is 0 Å². The molecular formula is C34H57N7O9. The zero-order valence-electron chi connectivity index (χ0n) is 29.7. The number of rotatable bonds is 23. The molecule has 0 unspecified atom stereocenters. The monoisotopic (exact) mass is 707 g/mol. The molecule has 0 fully saturated rings. The summed E-state index contributed by atoms with van der Waals surface area (Å²) in [7, 11) is 0. The topological polar surface area (TPSA) is 275 Å². The fraction of sp³-hybridized carbons (Fsp3) is 0.647. The van der Waals surface area contributed by atoms with Crippen LogP contribution in [0.5, 0.6) is 0 Å². The lowest BCUT2D eigenvalue weighted by molar-refractivity contribution is -0.142. The molecule has 1 aromatic carbocycles. The standard InChI is InChI=1S/C34H57N7O9/c1-6-20(4)28(33(48)39-25(34(49)50)17-22-12-8-7-9-13-22)41-29(44)23(14-10-11-15-35)37-31(46)26(18-42)40-30(45)24(16-19(2)3)38-32(47)27(36)21(5)43/h7-9,12-13,19-21,23-28,42-43H,6,10-11,14-18,35-36H2,1-5H3,(H,37,46)(H,38,47)(H,39,48)(H,40,45)(H,41,44)(H,49,50)/t20-,21+,23-,24-,25-,26-,27-,28-/m0/s1. The van der Waals surface area contributed by atoms with Crippen molar-refractivity contribution in [3.05, 3.63) is 35.9 Å². The fourth-order valence-electron chi connectivity index (χ4n) is 4.96. The number of hydrogen-bond donors (Lipinski definition) is 10. The molecular weight excluding hydrogens is 650 g/mol. The average molecular weight is 708 g/mol. The molecule has 5 amide bonds. The summed E-state index contributed by atoms with van der Waals surface area (Å²) < 4.78 is 0. The van der Waals surface area contributed by atoms with E-state index in [-0.39, 0.29) is 25.2 Å². The van der Waals surface area contributed by atoms with Crippen molar-refractivity contribution >= 4 is 35.5 Å². The maximum atomic E-state index is 13.6. The van der Waals surface area contributed by atoms with Crippen LogP contribution in [0.15, 0.2) is 30.3 Å². The molecule has 12 N–H and O–H groups in total. The van der Waals surface area contributed by atoms with Crippen molar-refractivity contribution in [2.24, 2.45) is 23.3 Å². The molecule has 282 valence electrons. The highest BCUT2D eigenvalue weighted by Gasteiger charge is 2.34. The number of carboxylic acid groups (broad SMARTS) is 1. The minimum absolute atomic E-state index is 0.0180. The number of carbonyl (C=O) groups is 6. The van der Waals surface area contributed by atoms with Crippen LogP contribution < -0.4 is 38.1 Å². The van der Waals surface area contributed by atoms with Crippen LogP contribution in [-0.4, -0.2) is 106 Å². The Morgan fingerprint density at radius 2 is 1.28 bits per heavy atom. The molecule has 0 spiro atoms. The Hall–Kier alpha value is -4.12. The summed E-state index contributed by atoms with van der Waals surface area (Å²) in [6, 6.07) is 1.15. The predicted octanol–water partition coefficient (Wildman–Crippen LogP) is -1.34. The van der Waals surface area contributed by atoms with E-state index in [1.807, 2.05) is 0 Å². The van der Waals surface area contributed by atoms with Gasteiger partial charge >= 0.3 is 5.97 Å². The van der Waals surface area contributed by atoms with E-state index >= 15 is 0 Å². The first kappa shape index (κ1) is 43.9. The first-order valence-corrected chi connectivity index (χ1v) is 17.1. The fourth-order valence-corrected chi connectivity index (χ4v) is 4.96. The van der Waals surface area contributed by atoms with Gasteiger partial charge in [0.25, 0.3) is 0 Å². The molecule has 0 bridgehead atoms. The molecule has 0 aromatic heterocycles. The van der Waals surface area contributed by atoms with Gasteiger partial charge in [-0.05, 0) is 56.6 Å². The molecule has 1 rings (SSSR count). The van der Waals surface area contributed by atoms with Crippen LogP contribution in [0.4, 0.5) is 0 Å². The summed E-state index contributed by atoms with van der Waals surface area (Å²) in [6.07, 6.45) is 0.467. The van der Waals surface area contributed by atoms with Gasteiger partial charge in [0.05, 0.1) is 12.7 Å². The highest BCUT2D eigenvalue weighted by atomic mass is 16.4. The molecule has 0 aliphatic rings. The lowest BCUT2D eigenvalue weighted by atomic mass is 9.96. The number of aliphatic carboxylic acids is 1. The maximum Gasteiger partial charge on any atom is 0.326 e. The molecule has 16 nitrogen and oxygen atoms in total. The molecule has 8 atom stereocenters. The van der Waals surface area contributed by atoms with E-state index in [0.717, 1.165) is 0 Å². The Labute approximate surface area is 293 Å². The van der Waals surface area contributed by atoms with Crippen LogP contribution in [0.2, 0.25) is 0 Å². The first-order chi connectivity index (χ1) is 23.6. The number of carboxylic acids is 1. The van der Waals surface area contributed by atoms with E-state index < -0.39 is 90.4 Å². The third kappa shape index (κ3) is 15.2. The zero-order valence-corrected chi connectivity index (χ0v) is 29.7. The molecule has 50 heavy (non-hydrogen) atoms. The van der Waals surface area contributed by atoms with Gasteiger partial charge in [-0.15, -0.1) is 0 Å². The lowest BCUT2D eigenvalue weighted by Crippen LogP contribution is -2.61. The Morgan fingerprint density at radius 3 is 1.80 bits per heavy atom. The summed E-state index contributed by atoms with van der Waals surface area (Å²) in [5, 5.41) is 42.1. The van der Waals surface area contributed by atoms with Crippen molar-refractivity contribution in [2.45, 2.75) is 115 Å². The number of nitrogens with one attached hydrogen (secondary N) is 5. The summed E-state index contributed by atoms with van der Waals surface area (Å²) in [5.74, 6) is -5.67. The summed E-state index contributed by atoms with van der Waals surface area (Å²) >= 11 is 0. The number of unbranched alkanes of at least 4 members (excludes halogenated alkanes) is 1. The molecule has 0 heterocycles. The highest BCUT2D eigenvalue weighted by Crippen LogP contribution is 2.12. The normalized spacial score (nSPS) is 16.0. The molecule has 0 radical (unpaired) electrons. The van der Waals surface area contributed by atoms with Gasteiger partial charge in [0.2, 0.25) is 29.5 Å². The van der Waals surface area contributed by atoms with E-state index in [0.29, 0.717) is 31.4 Å². The first-order valence-electron chi connectivity index (χ1n) is 17.1. The van der Waals surface area contributed by atoms with Gasteiger partial charge in [-0.25, -0.2) is 4.79 Å². The number of carbonyl (C=O) groups excluding carboxylic acids is 5. The molecule has 0 aliphatic carbocycles. The SMILES string of the molecule is CC[C@H](C)[C@H](NC(=O)[C@H](CCCCN)NC(=O)[C@H](CO)NC(=O)[C@H](CC(C)C)NC(=O)[C@@H](N)[C@@H](C)O)C(=O)N[C@@H](Cc1ccccc1)C(=O)O. The molecule has 0 saturated heterocycles. The molecule has 16 heteroatoms. The van der Waals surface area contributed by atoms with Crippen LogP contribution in [0.1, 0.15) is 72.3 Å². The van der Waals surface area contributed by atoms with E-state index in [9.17, 15) is 44.1 Å². The van der Waals surface area contributed by atoms with Crippen LogP contribution >= 0.6 is 0 Å². The minimum atomic E-state index is -1.52. The van der Waals surface area contributed by atoms with Gasteiger partial charge < -0.3 is 53.4 Å². The summed E-state index contributed by atoms with van der Waals surface area (Å²) in [4.78, 5) is 78.1. The average Bonchev–Trinajstić information content (AvgIpc) is 3.07. The van der Waals surface area contributed by atoms with Crippen molar-refractivity contribution in [3.8, 4) is 0 Å². The minimum Gasteiger partial charge on any atom is -0.480 e. The number of nitrogens with two attached hydrogens (primary N) is 2. The van der Waals surface area contributed by atoms with Crippen molar-refractivity contribution < 1.29 is 44.1 Å². The number of benzene rings is 1. The van der Waals surface area contributed by atoms with Crippen molar-refractivity contribution in [2.75, 3.05) is 13.2 Å². The van der Waals surface area contributed by atoms with Gasteiger partial charge in [0.15, 0.2) is 0 Å². The Balaban J connectivity index is 3.17. The second kappa shape index (κ2) is 22.6. The quantitative estimate of drug-likeness (QED) is 0.0595. The third-order valence-corrected chi connectivity index (χ3v) is 8.25. The van der Waals surface area contributed by atoms with Crippen molar-refractivity contribution in [3.63, 3.8) is 0 Å². The molecule has 1 aromatic rings. The summed E-state index contributed by atoms with van der Waals surface area (Å²) in [6.45, 7) is 7.93. The molecule has 0 saturated carbocycles. The van der Waals surface area contributed by atoms with Crippen molar-refractivity contribution in [1.29, 1.82) is 0 Å². The van der Waals surface area contributed by atoms with Crippen molar-refractivity contribution in [1.82, 2.24) is 26.6 Å². The van der Waals surface area contributed by atoms with Crippen LogP contribution in [0, 0.1) is 11.8 Å². The van der Waals surface area contributed by atoms with Gasteiger partial charge in [0.1, 0.15) is 36.3 Å².